The Kier molecular flexibility index (Phi) is 7.77. The number of carbonyl (C=O) groups excluding carboxylic acids is 2. The maximum atomic E-state index is 12.7. The van der Waals surface area contributed by atoms with Crippen LogP contribution in [0.4, 0.5) is 0 Å². The quantitative estimate of drug-likeness (QED) is 0.582. The summed E-state index contributed by atoms with van der Waals surface area (Å²) in [6, 6.07) is 11.4. The van der Waals surface area contributed by atoms with Crippen molar-refractivity contribution in [1.82, 2.24) is 5.32 Å². The smallest absolute Gasteiger partial charge is 0.223 e. The van der Waals surface area contributed by atoms with E-state index in [9.17, 15) is 14.7 Å². The molecule has 2 aromatic carbocycles. The largest absolute Gasteiger partial charge is 0.507 e. The number of amides is 1. The number of hydrogen-bond donors (Lipinski definition) is 2. The van der Waals surface area contributed by atoms with Gasteiger partial charge >= 0.3 is 0 Å². The van der Waals surface area contributed by atoms with Crippen molar-refractivity contribution in [2.75, 3.05) is 0 Å². The highest BCUT2D eigenvalue weighted by atomic mass is 35.5. The van der Waals surface area contributed by atoms with Gasteiger partial charge in [-0.25, -0.2) is 0 Å². The summed E-state index contributed by atoms with van der Waals surface area (Å²) in [6.07, 6.45) is 4.43. The molecule has 3 atom stereocenters. The van der Waals surface area contributed by atoms with Crippen molar-refractivity contribution in [3.8, 4) is 5.75 Å². The van der Waals surface area contributed by atoms with Crippen LogP contribution in [0.1, 0.15) is 54.9 Å². The molecule has 166 valence electrons. The zero-order valence-corrected chi connectivity index (χ0v) is 19.3. The second-order valence-corrected chi connectivity index (χ2v) is 9.43. The predicted molar refractivity (Wildman–Crippen MR) is 125 cm³/mol. The predicted octanol–water partition coefficient (Wildman–Crippen LogP) is 5.33. The molecule has 3 rings (SSSR count). The molecule has 0 bridgehead atoms. The van der Waals surface area contributed by atoms with Crippen LogP contribution < -0.4 is 5.32 Å². The number of benzene rings is 2. The van der Waals surface area contributed by atoms with Crippen LogP contribution in [0.15, 0.2) is 36.4 Å². The van der Waals surface area contributed by atoms with Crippen molar-refractivity contribution in [2.24, 2.45) is 11.8 Å². The van der Waals surface area contributed by atoms with Crippen LogP contribution in [-0.2, 0) is 22.4 Å². The Hall–Kier alpha value is -2.33. The number of aryl methyl sites for hydroxylation is 3. The van der Waals surface area contributed by atoms with Gasteiger partial charge in [-0.1, -0.05) is 41.4 Å². The lowest BCUT2D eigenvalue weighted by molar-refractivity contribution is -0.129. The number of carbonyl (C=O) groups is 2. The molecule has 5 heteroatoms. The summed E-state index contributed by atoms with van der Waals surface area (Å²) in [7, 11) is 0. The highest BCUT2D eigenvalue weighted by molar-refractivity contribution is 6.30. The zero-order chi connectivity index (χ0) is 22.5. The SMILES string of the molecule is Cc1cccc(C[C@@H]2CC[C@@H](C(=O)N[C@@H](C)C(=O)CCc3cc(Cl)cc(C)c3O)C2)c1. The van der Waals surface area contributed by atoms with Crippen LogP contribution in [0.25, 0.3) is 0 Å². The summed E-state index contributed by atoms with van der Waals surface area (Å²) < 4.78 is 0. The van der Waals surface area contributed by atoms with E-state index in [4.69, 9.17) is 11.6 Å². The minimum Gasteiger partial charge on any atom is -0.507 e. The minimum absolute atomic E-state index is 0.0194. The number of aromatic hydroxyl groups is 1. The average Bonchev–Trinajstić information content (AvgIpc) is 3.18. The molecule has 0 saturated heterocycles. The molecular formula is C26H32ClNO3. The second kappa shape index (κ2) is 10.3. The lowest BCUT2D eigenvalue weighted by Gasteiger charge is -2.17. The molecule has 0 aliphatic heterocycles. The summed E-state index contributed by atoms with van der Waals surface area (Å²) in [4.78, 5) is 25.3. The Bertz CT molecular complexity index is 956. The fourth-order valence-corrected chi connectivity index (χ4v) is 4.85. The van der Waals surface area contributed by atoms with Crippen molar-refractivity contribution in [3.63, 3.8) is 0 Å². The van der Waals surface area contributed by atoms with Gasteiger partial charge in [0.05, 0.1) is 6.04 Å². The summed E-state index contributed by atoms with van der Waals surface area (Å²) in [5.74, 6) is 0.607. The molecule has 1 aliphatic rings. The molecule has 0 spiro atoms. The van der Waals surface area contributed by atoms with E-state index in [-0.39, 0.29) is 29.8 Å². The standard InChI is InChI=1S/C26H32ClNO3/c1-16-5-4-6-19(11-16)13-20-7-8-22(14-20)26(31)28-18(3)24(29)10-9-21-15-23(27)12-17(2)25(21)30/h4-6,11-12,15,18,20,22,30H,7-10,13-14H2,1-3H3,(H,28,31)/t18-,20-,22+/m0/s1. The lowest BCUT2D eigenvalue weighted by atomic mass is 9.95. The molecule has 1 aliphatic carbocycles. The zero-order valence-electron chi connectivity index (χ0n) is 18.6. The Morgan fingerprint density at radius 3 is 2.71 bits per heavy atom. The highest BCUT2D eigenvalue weighted by Crippen LogP contribution is 2.33. The maximum Gasteiger partial charge on any atom is 0.223 e. The van der Waals surface area contributed by atoms with Crippen molar-refractivity contribution in [1.29, 1.82) is 0 Å². The minimum atomic E-state index is -0.536. The third kappa shape index (κ3) is 6.33. The number of nitrogens with one attached hydrogen (secondary N) is 1. The van der Waals surface area contributed by atoms with Gasteiger partial charge in [-0.15, -0.1) is 0 Å². The van der Waals surface area contributed by atoms with Crippen LogP contribution >= 0.6 is 11.6 Å². The van der Waals surface area contributed by atoms with E-state index in [1.165, 1.54) is 11.1 Å². The number of phenols is 1. The van der Waals surface area contributed by atoms with Crippen molar-refractivity contribution >= 4 is 23.3 Å². The van der Waals surface area contributed by atoms with E-state index < -0.39 is 6.04 Å². The number of phenolic OH excluding ortho intramolecular Hbond substituents is 1. The number of ketones is 1. The molecule has 0 heterocycles. The number of Topliss-reactive ketones (excluding diaryl/α,β-unsaturated/α-hetero) is 1. The van der Waals surface area contributed by atoms with Gasteiger partial charge < -0.3 is 10.4 Å². The van der Waals surface area contributed by atoms with Crippen molar-refractivity contribution < 1.29 is 14.7 Å². The molecule has 2 N–H and O–H groups in total. The maximum absolute atomic E-state index is 12.7. The molecule has 1 saturated carbocycles. The molecule has 4 nitrogen and oxygen atoms in total. The number of halogens is 1. The van der Waals surface area contributed by atoms with Gasteiger partial charge in [0.1, 0.15) is 5.75 Å². The summed E-state index contributed by atoms with van der Waals surface area (Å²) in [5.41, 5.74) is 3.94. The Morgan fingerprint density at radius 1 is 1.19 bits per heavy atom. The van der Waals surface area contributed by atoms with E-state index in [2.05, 4.69) is 36.5 Å². The van der Waals surface area contributed by atoms with Gasteiger partial charge in [0.2, 0.25) is 5.91 Å². The van der Waals surface area contributed by atoms with Crippen LogP contribution in [0.2, 0.25) is 5.02 Å². The van der Waals surface area contributed by atoms with Crippen LogP contribution in [0.3, 0.4) is 0 Å². The Morgan fingerprint density at radius 2 is 1.97 bits per heavy atom. The lowest BCUT2D eigenvalue weighted by Crippen LogP contribution is -2.41. The van der Waals surface area contributed by atoms with Crippen molar-refractivity contribution in [2.45, 2.75) is 65.3 Å². The van der Waals surface area contributed by atoms with Gasteiger partial charge in [0, 0.05) is 17.4 Å². The van der Waals surface area contributed by atoms with E-state index in [1.807, 2.05) is 0 Å². The van der Waals surface area contributed by atoms with Gasteiger partial charge in [-0.2, -0.15) is 0 Å². The molecule has 0 aromatic heterocycles. The van der Waals surface area contributed by atoms with E-state index >= 15 is 0 Å². The van der Waals surface area contributed by atoms with Crippen LogP contribution in [0, 0.1) is 25.7 Å². The van der Waals surface area contributed by atoms with E-state index in [0.717, 1.165) is 25.7 Å². The van der Waals surface area contributed by atoms with E-state index in [1.54, 1.807) is 26.0 Å². The fourth-order valence-electron chi connectivity index (χ4n) is 4.55. The van der Waals surface area contributed by atoms with Crippen LogP contribution in [-0.4, -0.2) is 22.8 Å². The fraction of sp³-hybridized carbons (Fsp3) is 0.462. The first-order valence-corrected chi connectivity index (χ1v) is 11.5. The third-order valence-electron chi connectivity index (χ3n) is 6.35. The normalized spacial score (nSPS) is 19.2. The molecule has 1 amide bonds. The molecule has 0 radical (unpaired) electrons. The first-order chi connectivity index (χ1) is 14.7. The Balaban J connectivity index is 1.47. The van der Waals surface area contributed by atoms with Gasteiger partial charge in [-0.05, 0) is 87.6 Å². The molecule has 31 heavy (non-hydrogen) atoms. The first-order valence-electron chi connectivity index (χ1n) is 11.1. The molecule has 0 unspecified atom stereocenters. The monoisotopic (exact) mass is 441 g/mol. The number of rotatable bonds is 8. The first kappa shape index (κ1) is 23.3. The van der Waals surface area contributed by atoms with Gasteiger partial charge in [-0.3, -0.25) is 9.59 Å². The summed E-state index contributed by atoms with van der Waals surface area (Å²) in [5, 5.41) is 13.6. The average molecular weight is 442 g/mol. The number of hydrogen-bond acceptors (Lipinski definition) is 3. The topological polar surface area (TPSA) is 66.4 Å². The third-order valence-corrected chi connectivity index (χ3v) is 6.56. The highest BCUT2D eigenvalue weighted by Gasteiger charge is 2.31. The van der Waals surface area contributed by atoms with Gasteiger partial charge in [0.15, 0.2) is 5.78 Å². The summed E-state index contributed by atoms with van der Waals surface area (Å²) >= 11 is 6.06. The van der Waals surface area contributed by atoms with Gasteiger partial charge in [0.25, 0.3) is 0 Å². The molecular weight excluding hydrogens is 410 g/mol. The second-order valence-electron chi connectivity index (χ2n) is 9.00. The Labute approximate surface area is 190 Å². The molecule has 2 aromatic rings. The molecule has 1 fully saturated rings. The van der Waals surface area contributed by atoms with Crippen molar-refractivity contribution in [3.05, 3.63) is 63.7 Å². The summed E-state index contributed by atoms with van der Waals surface area (Å²) in [6.45, 7) is 5.62. The van der Waals surface area contributed by atoms with Crippen LogP contribution in [0.5, 0.6) is 5.75 Å². The van der Waals surface area contributed by atoms with E-state index in [0.29, 0.717) is 28.5 Å².